The summed E-state index contributed by atoms with van der Waals surface area (Å²) in [6, 6.07) is 10.5. The Hall–Kier alpha value is -2.73. The molecule has 0 bridgehead atoms. The van der Waals surface area contributed by atoms with Crippen molar-refractivity contribution in [3.8, 4) is 11.3 Å². The first-order chi connectivity index (χ1) is 13.4. The third kappa shape index (κ3) is 3.78. The molecule has 1 aromatic heterocycles. The molecule has 0 unspecified atom stereocenters. The number of carbonyl (C=O) groups excluding carboxylic acids is 1. The van der Waals surface area contributed by atoms with Gasteiger partial charge in [0, 0.05) is 29.6 Å². The highest BCUT2D eigenvalue weighted by atomic mass is 19.1. The van der Waals surface area contributed by atoms with Gasteiger partial charge in [-0.05, 0) is 79.3 Å². The van der Waals surface area contributed by atoms with Crippen molar-refractivity contribution in [2.75, 3.05) is 6.54 Å². The van der Waals surface area contributed by atoms with E-state index in [4.69, 9.17) is 0 Å². The summed E-state index contributed by atoms with van der Waals surface area (Å²) in [4.78, 5) is 15.5. The zero-order valence-corrected chi connectivity index (χ0v) is 15.4. The molecule has 1 amide bonds. The minimum absolute atomic E-state index is 0.156. The number of hydrogen-bond acceptors (Lipinski definition) is 2. The SMILES string of the molecule is O=C(CCc1c(-c2ccc(F)cc2)[nH]c2ccc(F)cc12)NCC1(O)CCC1. The van der Waals surface area contributed by atoms with Crippen LogP contribution in [0.3, 0.4) is 0 Å². The molecule has 2 aromatic carbocycles. The molecule has 1 aliphatic carbocycles. The average Bonchev–Trinajstić information content (AvgIpc) is 3.01. The summed E-state index contributed by atoms with van der Waals surface area (Å²) < 4.78 is 27.1. The van der Waals surface area contributed by atoms with Crippen LogP contribution in [0.4, 0.5) is 8.78 Å². The van der Waals surface area contributed by atoms with Crippen molar-refractivity contribution in [1.29, 1.82) is 0 Å². The van der Waals surface area contributed by atoms with Gasteiger partial charge in [0.15, 0.2) is 0 Å². The molecule has 0 atom stereocenters. The average molecular weight is 384 g/mol. The maximum atomic E-state index is 13.8. The molecule has 146 valence electrons. The molecule has 0 aliphatic heterocycles. The van der Waals surface area contributed by atoms with Crippen LogP contribution in [-0.4, -0.2) is 28.1 Å². The van der Waals surface area contributed by atoms with E-state index in [1.807, 2.05) is 0 Å². The van der Waals surface area contributed by atoms with Crippen LogP contribution < -0.4 is 5.32 Å². The van der Waals surface area contributed by atoms with Gasteiger partial charge in [-0.3, -0.25) is 4.79 Å². The molecule has 4 rings (SSSR count). The molecule has 1 fully saturated rings. The molecule has 0 spiro atoms. The Bertz CT molecular complexity index is 1010. The predicted octanol–water partition coefficient (Wildman–Crippen LogP) is 4.08. The smallest absolute Gasteiger partial charge is 0.220 e. The van der Waals surface area contributed by atoms with Crippen LogP contribution in [0.25, 0.3) is 22.2 Å². The third-order valence-electron chi connectivity index (χ3n) is 5.50. The lowest BCUT2D eigenvalue weighted by Crippen LogP contribution is -2.47. The summed E-state index contributed by atoms with van der Waals surface area (Å²) in [5, 5.41) is 13.6. The van der Waals surface area contributed by atoms with Crippen LogP contribution in [0.15, 0.2) is 42.5 Å². The van der Waals surface area contributed by atoms with E-state index in [1.165, 1.54) is 24.3 Å². The Kier molecular flexibility index (Phi) is 4.89. The standard InChI is InChI=1S/C22H22F2N2O2/c23-15-4-2-14(3-5-15)21-17(18-12-16(24)6-8-19(18)26-21)7-9-20(27)25-13-22(28)10-1-11-22/h2-6,8,12,26,28H,1,7,9-11,13H2,(H,25,27). The molecular formula is C22H22F2N2O2. The second-order valence-electron chi connectivity index (χ2n) is 7.53. The van der Waals surface area contributed by atoms with Crippen molar-refractivity contribution >= 4 is 16.8 Å². The summed E-state index contributed by atoms with van der Waals surface area (Å²) in [5.74, 6) is -0.841. The van der Waals surface area contributed by atoms with E-state index >= 15 is 0 Å². The van der Waals surface area contributed by atoms with Gasteiger partial charge in [0.05, 0.1) is 5.60 Å². The number of aromatic nitrogens is 1. The number of halogens is 2. The van der Waals surface area contributed by atoms with E-state index in [9.17, 15) is 18.7 Å². The molecule has 0 saturated heterocycles. The fraction of sp³-hybridized carbons (Fsp3) is 0.318. The normalized spacial score (nSPS) is 15.4. The number of aryl methyl sites for hydroxylation is 1. The van der Waals surface area contributed by atoms with E-state index in [0.717, 1.165) is 28.8 Å². The van der Waals surface area contributed by atoms with Gasteiger partial charge >= 0.3 is 0 Å². The molecule has 28 heavy (non-hydrogen) atoms. The zero-order chi connectivity index (χ0) is 19.7. The number of H-pyrrole nitrogens is 1. The quantitative estimate of drug-likeness (QED) is 0.600. The molecule has 3 N–H and O–H groups in total. The Labute approximate surface area is 161 Å². The van der Waals surface area contributed by atoms with Crippen LogP contribution in [0.1, 0.15) is 31.2 Å². The number of benzene rings is 2. The number of aliphatic hydroxyl groups is 1. The molecule has 4 nitrogen and oxygen atoms in total. The first-order valence-corrected chi connectivity index (χ1v) is 9.49. The topological polar surface area (TPSA) is 65.1 Å². The van der Waals surface area contributed by atoms with Crippen LogP contribution in [-0.2, 0) is 11.2 Å². The van der Waals surface area contributed by atoms with Crippen molar-refractivity contribution in [1.82, 2.24) is 10.3 Å². The summed E-state index contributed by atoms with van der Waals surface area (Å²) in [5.41, 5.74) is 2.35. The lowest BCUT2D eigenvalue weighted by Gasteiger charge is -2.36. The monoisotopic (exact) mass is 384 g/mol. The van der Waals surface area contributed by atoms with Gasteiger partial charge in [0.25, 0.3) is 0 Å². The van der Waals surface area contributed by atoms with E-state index in [2.05, 4.69) is 10.3 Å². The summed E-state index contributed by atoms with van der Waals surface area (Å²) in [6.45, 7) is 0.263. The zero-order valence-electron chi connectivity index (χ0n) is 15.4. The number of carbonyl (C=O) groups is 1. The van der Waals surface area contributed by atoms with Gasteiger partial charge in [-0.1, -0.05) is 0 Å². The maximum absolute atomic E-state index is 13.8. The third-order valence-corrected chi connectivity index (χ3v) is 5.50. The highest BCUT2D eigenvalue weighted by molar-refractivity contribution is 5.91. The molecule has 1 heterocycles. The molecule has 0 radical (unpaired) electrons. The number of amides is 1. The van der Waals surface area contributed by atoms with Gasteiger partial charge in [-0.25, -0.2) is 8.78 Å². The molecule has 1 aliphatic rings. The molecule has 6 heteroatoms. The second kappa shape index (κ2) is 7.36. The summed E-state index contributed by atoms with van der Waals surface area (Å²) in [6.07, 6.45) is 3.02. The summed E-state index contributed by atoms with van der Waals surface area (Å²) in [7, 11) is 0. The van der Waals surface area contributed by atoms with Crippen LogP contribution in [0.2, 0.25) is 0 Å². The molecular weight excluding hydrogens is 362 g/mol. The van der Waals surface area contributed by atoms with Gasteiger partial charge in [-0.2, -0.15) is 0 Å². The predicted molar refractivity (Wildman–Crippen MR) is 104 cm³/mol. The molecule has 1 saturated carbocycles. The maximum Gasteiger partial charge on any atom is 0.220 e. The lowest BCUT2D eigenvalue weighted by atomic mass is 9.80. The Morgan fingerprint density at radius 3 is 2.50 bits per heavy atom. The van der Waals surface area contributed by atoms with E-state index in [-0.39, 0.29) is 30.5 Å². The number of hydrogen-bond donors (Lipinski definition) is 3. The Balaban J connectivity index is 1.57. The highest BCUT2D eigenvalue weighted by Gasteiger charge is 2.34. The van der Waals surface area contributed by atoms with E-state index < -0.39 is 5.60 Å². The highest BCUT2D eigenvalue weighted by Crippen LogP contribution is 2.32. The van der Waals surface area contributed by atoms with Crippen molar-refractivity contribution in [3.05, 3.63) is 59.7 Å². The summed E-state index contributed by atoms with van der Waals surface area (Å²) >= 11 is 0. The first-order valence-electron chi connectivity index (χ1n) is 9.49. The van der Waals surface area contributed by atoms with Crippen LogP contribution in [0.5, 0.6) is 0 Å². The number of nitrogens with one attached hydrogen (secondary N) is 2. The van der Waals surface area contributed by atoms with Crippen molar-refractivity contribution in [3.63, 3.8) is 0 Å². The number of fused-ring (bicyclic) bond motifs is 1. The fourth-order valence-electron chi connectivity index (χ4n) is 3.69. The minimum Gasteiger partial charge on any atom is -0.388 e. The minimum atomic E-state index is -0.765. The first kappa shape index (κ1) is 18.6. The lowest BCUT2D eigenvalue weighted by molar-refractivity contribution is -0.123. The van der Waals surface area contributed by atoms with E-state index in [1.54, 1.807) is 18.2 Å². The van der Waals surface area contributed by atoms with Gasteiger partial charge in [0.2, 0.25) is 5.91 Å². The Morgan fingerprint density at radius 2 is 1.82 bits per heavy atom. The van der Waals surface area contributed by atoms with Gasteiger partial charge in [0.1, 0.15) is 11.6 Å². The van der Waals surface area contributed by atoms with E-state index in [0.29, 0.717) is 24.6 Å². The van der Waals surface area contributed by atoms with Gasteiger partial charge in [-0.15, -0.1) is 0 Å². The largest absolute Gasteiger partial charge is 0.388 e. The molecule has 3 aromatic rings. The van der Waals surface area contributed by atoms with Crippen LogP contribution >= 0.6 is 0 Å². The number of aromatic amines is 1. The van der Waals surface area contributed by atoms with Crippen molar-refractivity contribution in [2.45, 2.75) is 37.7 Å². The second-order valence-corrected chi connectivity index (χ2v) is 7.53. The fourth-order valence-corrected chi connectivity index (χ4v) is 3.69. The number of rotatable bonds is 6. The van der Waals surface area contributed by atoms with Gasteiger partial charge < -0.3 is 15.4 Å². The van der Waals surface area contributed by atoms with Crippen LogP contribution in [0, 0.1) is 11.6 Å². The van der Waals surface area contributed by atoms with Crippen molar-refractivity contribution in [2.24, 2.45) is 0 Å². The van der Waals surface area contributed by atoms with Crippen molar-refractivity contribution < 1.29 is 18.7 Å². The Morgan fingerprint density at radius 1 is 1.11 bits per heavy atom.